The number of halogens is 1. The number of sulfonamides is 1. The Balaban J connectivity index is 1.65. The number of hydrogen-bond donors (Lipinski definition) is 1. The maximum atomic E-state index is 13.3. The van der Waals surface area contributed by atoms with Crippen molar-refractivity contribution >= 4 is 21.8 Å². The maximum absolute atomic E-state index is 13.3. The second kappa shape index (κ2) is 8.16. The van der Waals surface area contributed by atoms with E-state index in [-0.39, 0.29) is 43.1 Å². The minimum absolute atomic E-state index is 0.0356. The van der Waals surface area contributed by atoms with Gasteiger partial charge in [0.1, 0.15) is 5.82 Å². The molecule has 1 aromatic carbocycles. The van der Waals surface area contributed by atoms with Gasteiger partial charge in [-0.3, -0.25) is 14.5 Å². The van der Waals surface area contributed by atoms with E-state index in [0.717, 1.165) is 4.31 Å². The van der Waals surface area contributed by atoms with Crippen LogP contribution in [0.5, 0.6) is 0 Å². The molecule has 0 saturated carbocycles. The normalized spacial score (nSPS) is 24.9. The smallest absolute Gasteiger partial charge is 0.253 e. The van der Waals surface area contributed by atoms with Crippen molar-refractivity contribution in [3.8, 4) is 0 Å². The highest BCUT2D eigenvalue weighted by molar-refractivity contribution is 7.89. The molecule has 7 nitrogen and oxygen atoms in total. The lowest BCUT2D eigenvalue weighted by Gasteiger charge is -2.25. The minimum Gasteiger partial charge on any atom is -0.352 e. The fraction of sp³-hybridized carbons (Fsp3) is 0.579. The average Bonchev–Trinajstić information content (AvgIpc) is 2.96. The molecular weight excluding hydrogens is 385 g/mol. The van der Waals surface area contributed by atoms with Crippen molar-refractivity contribution in [2.24, 2.45) is 5.92 Å². The molecule has 2 heterocycles. The zero-order chi connectivity index (χ0) is 20.5. The summed E-state index contributed by atoms with van der Waals surface area (Å²) in [7, 11) is -3.61. The van der Waals surface area contributed by atoms with Gasteiger partial charge < -0.3 is 5.32 Å². The first kappa shape index (κ1) is 20.7. The Morgan fingerprint density at radius 1 is 1.36 bits per heavy atom. The maximum Gasteiger partial charge on any atom is 0.253 e. The number of carbonyl (C=O) groups is 2. The van der Waals surface area contributed by atoms with Crippen LogP contribution >= 0.6 is 0 Å². The highest BCUT2D eigenvalue weighted by Crippen LogP contribution is 2.25. The van der Waals surface area contributed by atoms with Crippen LogP contribution in [0.1, 0.15) is 25.8 Å². The number of hydrogen-bond acceptors (Lipinski definition) is 5. The number of nitrogens with zero attached hydrogens (tertiary/aromatic N) is 2. The van der Waals surface area contributed by atoms with Crippen molar-refractivity contribution in [3.05, 3.63) is 35.6 Å². The van der Waals surface area contributed by atoms with Crippen LogP contribution in [0.4, 0.5) is 4.39 Å². The highest BCUT2D eigenvalue weighted by atomic mass is 32.2. The molecule has 0 bridgehead atoms. The Morgan fingerprint density at radius 3 is 2.79 bits per heavy atom. The Bertz CT molecular complexity index is 858. The van der Waals surface area contributed by atoms with Gasteiger partial charge >= 0.3 is 0 Å². The number of amides is 2. The number of carbonyl (C=O) groups excluding carboxylic acids is 2. The molecule has 0 unspecified atom stereocenters. The van der Waals surface area contributed by atoms with Gasteiger partial charge in [0.25, 0.3) is 5.91 Å². The highest BCUT2D eigenvalue weighted by Gasteiger charge is 2.45. The molecule has 2 fully saturated rings. The largest absolute Gasteiger partial charge is 0.352 e. The Morgan fingerprint density at radius 2 is 2.11 bits per heavy atom. The van der Waals surface area contributed by atoms with Crippen LogP contribution in [0.25, 0.3) is 0 Å². The third kappa shape index (κ3) is 4.70. The van der Waals surface area contributed by atoms with E-state index in [1.54, 1.807) is 12.1 Å². The Hall–Kier alpha value is -2.00. The fourth-order valence-corrected chi connectivity index (χ4v) is 5.41. The summed E-state index contributed by atoms with van der Waals surface area (Å²) >= 11 is 0. The average molecular weight is 411 g/mol. The molecule has 2 aliphatic heterocycles. The summed E-state index contributed by atoms with van der Waals surface area (Å²) in [6.07, 6.45) is 0.429. The second-order valence-corrected chi connectivity index (χ2v) is 9.91. The molecule has 3 rings (SSSR count). The van der Waals surface area contributed by atoms with E-state index < -0.39 is 27.8 Å². The van der Waals surface area contributed by atoms with Gasteiger partial charge in [-0.15, -0.1) is 0 Å². The summed E-state index contributed by atoms with van der Waals surface area (Å²) in [5, 5.41) is 2.90. The zero-order valence-corrected chi connectivity index (χ0v) is 16.9. The Kier molecular flexibility index (Phi) is 6.04. The molecule has 1 N–H and O–H groups in total. The van der Waals surface area contributed by atoms with Gasteiger partial charge in [0.2, 0.25) is 15.9 Å². The summed E-state index contributed by atoms with van der Waals surface area (Å²) < 4.78 is 39.2. The topological polar surface area (TPSA) is 86.8 Å². The van der Waals surface area contributed by atoms with Gasteiger partial charge in [-0.1, -0.05) is 26.0 Å². The number of rotatable bonds is 5. The second-order valence-electron chi connectivity index (χ2n) is 7.90. The SMILES string of the molecule is CC(C)CN1C(=O)[C@@H]2C[C@H](NC(=O)Cc3cccc(F)c3)CN2CCS1(=O)=O. The van der Waals surface area contributed by atoms with Gasteiger partial charge in [-0.05, 0) is 30.0 Å². The number of fused-ring (bicyclic) bond motifs is 1. The van der Waals surface area contributed by atoms with Crippen LogP contribution in [-0.2, 0) is 26.0 Å². The van der Waals surface area contributed by atoms with Crippen LogP contribution in [0.3, 0.4) is 0 Å². The molecule has 0 radical (unpaired) electrons. The third-order valence-corrected chi connectivity index (χ3v) is 6.76. The van der Waals surface area contributed by atoms with Crippen LogP contribution < -0.4 is 5.32 Å². The molecule has 28 heavy (non-hydrogen) atoms. The molecule has 0 aromatic heterocycles. The van der Waals surface area contributed by atoms with Gasteiger partial charge in [-0.25, -0.2) is 17.1 Å². The van der Waals surface area contributed by atoms with E-state index >= 15 is 0 Å². The first-order chi connectivity index (χ1) is 13.2. The number of nitrogens with one attached hydrogen (secondary N) is 1. The van der Waals surface area contributed by atoms with Crippen LogP contribution in [0.15, 0.2) is 24.3 Å². The van der Waals surface area contributed by atoms with Crippen molar-refractivity contribution in [1.82, 2.24) is 14.5 Å². The molecule has 2 aliphatic rings. The predicted octanol–water partition coefficient (Wildman–Crippen LogP) is 0.755. The Labute approximate surface area is 164 Å². The lowest BCUT2D eigenvalue weighted by molar-refractivity contribution is -0.131. The van der Waals surface area contributed by atoms with Crippen molar-refractivity contribution in [2.75, 3.05) is 25.4 Å². The molecule has 2 saturated heterocycles. The van der Waals surface area contributed by atoms with Crippen molar-refractivity contribution in [3.63, 3.8) is 0 Å². The summed E-state index contributed by atoms with van der Waals surface area (Å²) in [4.78, 5) is 27.0. The molecule has 0 aliphatic carbocycles. The van der Waals surface area contributed by atoms with Crippen LogP contribution in [-0.4, -0.2) is 66.9 Å². The first-order valence-corrected chi connectivity index (χ1v) is 11.1. The van der Waals surface area contributed by atoms with E-state index in [0.29, 0.717) is 18.5 Å². The fourth-order valence-electron chi connectivity index (χ4n) is 3.80. The lowest BCUT2D eigenvalue weighted by Crippen LogP contribution is -2.45. The van der Waals surface area contributed by atoms with E-state index in [9.17, 15) is 22.4 Å². The predicted molar refractivity (Wildman–Crippen MR) is 102 cm³/mol. The molecule has 1 aromatic rings. The van der Waals surface area contributed by atoms with Crippen molar-refractivity contribution in [1.29, 1.82) is 0 Å². The summed E-state index contributed by atoms with van der Waals surface area (Å²) in [5.41, 5.74) is 0.579. The van der Waals surface area contributed by atoms with E-state index in [1.807, 2.05) is 18.7 Å². The molecule has 0 spiro atoms. The van der Waals surface area contributed by atoms with E-state index in [1.165, 1.54) is 12.1 Å². The number of benzene rings is 1. The van der Waals surface area contributed by atoms with Gasteiger partial charge in [0.05, 0.1) is 18.2 Å². The van der Waals surface area contributed by atoms with Gasteiger partial charge in [-0.2, -0.15) is 0 Å². The lowest BCUT2D eigenvalue weighted by atomic mass is 10.1. The van der Waals surface area contributed by atoms with E-state index in [4.69, 9.17) is 0 Å². The quantitative estimate of drug-likeness (QED) is 0.773. The molecule has 2 amide bonds. The first-order valence-electron chi connectivity index (χ1n) is 9.48. The minimum atomic E-state index is -3.61. The molecular formula is C19H26FN3O4S. The van der Waals surface area contributed by atoms with Crippen molar-refractivity contribution < 1.29 is 22.4 Å². The van der Waals surface area contributed by atoms with Gasteiger partial charge in [0, 0.05) is 25.7 Å². The summed E-state index contributed by atoms with van der Waals surface area (Å²) in [5.74, 6) is -1.11. The summed E-state index contributed by atoms with van der Waals surface area (Å²) in [6.45, 7) is 4.60. The zero-order valence-electron chi connectivity index (χ0n) is 16.1. The van der Waals surface area contributed by atoms with E-state index in [2.05, 4.69) is 5.32 Å². The van der Waals surface area contributed by atoms with Crippen molar-refractivity contribution in [2.45, 2.75) is 38.8 Å². The third-order valence-electron chi connectivity index (χ3n) is 5.06. The molecule has 154 valence electrons. The monoisotopic (exact) mass is 411 g/mol. The standard InChI is InChI=1S/C19H26FN3O4S/c1-13(2)11-23-19(25)17-10-16(12-22(17)6-7-28(23,26)27)21-18(24)9-14-4-3-5-15(20)8-14/h3-5,8,13,16-17H,6-7,9-12H2,1-2H3,(H,21,24)/t16-,17-/m0/s1. The van der Waals surface area contributed by atoms with Crippen LogP contribution in [0.2, 0.25) is 0 Å². The summed E-state index contributed by atoms with van der Waals surface area (Å²) in [6, 6.07) is 5.09. The molecule has 2 atom stereocenters. The van der Waals surface area contributed by atoms with Crippen LogP contribution in [0, 0.1) is 11.7 Å². The molecule has 9 heteroatoms. The van der Waals surface area contributed by atoms with Gasteiger partial charge in [0.15, 0.2) is 0 Å².